The van der Waals surface area contributed by atoms with E-state index in [4.69, 9.17) is 4.52 Å². The third-order valence-electron chi connectivity index (χ3n) is 4.37. The smallest absolute Gasteiger partial charge is 0.241 e. The van der Waals surface area contributed by atoms with Gasteiger partial charge < -0.3 is 9.84 Å². The van der Waals surface area contributed by atoms with Gasteiger partial charge in [0.1, 0.15) is 0 Å². The largest absolute Gasteiger partial charge is 0.338 e. The summed E-state index contributed by atoms with van der Waals surface area (Å²) in [6, 6.07) is 7.59. The van der Waals surface area contributed by atoms with E-state index in [-0.39, 0.29) is 11.8 Å². The number of aromatic nitrogens is 3. The van der Waals surface area contributed by atoms with Crippen molar-refractivity contribution < 1.29 is 9.32 Å². The molecule has 1 unspecified atom stereocenters. The van der Waals surface area contributed by atoms with Crippen LogP contribution in [-0.2, 0) is 11.3 Å². The fraction of sp³-hybridized carbons (Fsp3) is 0.333. The molecular formula is C18H19N5O2S. The second kappa shape index (κ2) is 7.76. The normalized spacial score (nSPS) is 17.9. The standard InChI is InChI=1S/C18H19N5O2S/c24-18(20-14-5-1-7-19-10-14)13-4-2-8-23(11-13)12-16-21-17(22-25-16)15-6-3-9-26-15/h1,3,5-7,9-10,13H,2,4,8,11-12H2,(H,20,24). The Morgan fingerprint density at radius 2 is 2.35 bits per heavy atom. The number of nitrogens with one attached hydrogen (secondary N) is 1. The highest BCUT2D eigenvalue weighted by atomic mass is 32.1. The van der Waals surface area contributed by atoms with Crippen LogP contribution in [0.4, 0.5) is 5.69 Å². The van der Waals surface area contributed by atoms with E-state index in [1.807, 2.05) is 29.6 Å². The van der Waals surface area contributed by atoms with Crippen LogP contribution in [0.5, 0.6) is 0 Å². The number of carbonyl (C=O) groups is 1. The minimum absolute atomic E-state index is 0.0347. The van der Waals surface area contributed by atoms with Gasteiger partial charge in [-0.05, 0) is 43.0 Å². The number of carbonyl (C=O) groups excluding carboxylic acids is 1. The number of likely N-dealkylation sites (tertiary alicyclic amines) is 1. The zero-order valence-corrected chi connectivity index (χ0v) is 15.0. The molecule has 4 rings (SSSR count). The number of piperidine rings is 1. The predicted octanol–water partition coefficient (Wildman–Crippen LogP) is 3.04. The Kier molecular flexibility index (Phi) is 5.03. The number of amides is 1. The van der Waals surface area contributed by atoms with Crippen LogP contribution in [0.25, 0.3) is 10.7 Å². The predicted molar refractivity (Wildman–Crippen MR) is 98.5 cm³/mol. The highest BCUT2D eigenvalue weighted by Gasteiger charge is 2.27. The van der Waals surface area contributed by atoms with Crippen molar-refractivity contribution in [1.29, 1.82) is 0 Å². The first kappa shape index (κ1) is 16.9. The molecule has 0 saturated carbocycles. The molecule has 1 saturated heterocycles. The molecule has 0 aliphatic carbocycles. The molecule has 3 aromatic rings. The average Bonchev–Trinajstić information content (AvgIpc) is 3.34. The van der Waals surface area contributed by atoms with Crippen molar-refractivity contribution in [3.63, 3.8) is 0 Å². The van der Waals surface area contributed by atoms with Crippen molar-refractivity contribution in [3.8, 4) is 10.7 Å². The minimum atomic E-state index is -0.0522. The number of rotatable bonds is 5. The van der Waals surface area contributed by atoms with Crippen molar-refractivity contribution in [2.45, 2.75) is 19.4 Å². The zero-order valence-electron chi connectivity index (χ0n) is 14.2. The van der Waals surface area contributed by atoms with Crippen LogP contribution >= 0.6 is 11.3 Å². The van der Waals surface area contributed by atoms with Gasteiger partial charge in [0.2, 0.25) is 17.6 Å². The monoisotopic (exact) mass is 369 g/mol. The molecule has 26 heavy (non-hydrogen) atoms. The highest BCUT2D eigenvalue weighted by Crippen LogP contribution is 2.23. The summed E-state index contributed by atoms with van der Waals surface area (Å²) in [6.45, 7) is 2.17. The molecule has 1 aliphatic heterocycles. The van der Waals surface area contributed by atoms with Gasteiger partial charge in [-0.25, -0.2) is 0 Å². The van der Waals surface area contributed by atoms with Gasteiger partial charge in [-0.3, -0.25) is 14.7 Å². The molecule has 0 radical (unpaired) electrons. The van der Waals surface area contributed by atoms with Crippen molar-refractivity contribution >= 4 is 22.9 Å². The van der Waals surface area contributed by atoms with Crippen LogP contribution in [0, 0.1) is 5.92 Å². The van der Waals surface area contributed by atoms with Gasteiger partial charge in [0.05, 0.1) is 29.2 Å². The summed E-state index contributed by atoms with van der Waals surface area (Å²) in [5, 5.41) is 8.97. The molecule has 1 N–H and O–H groups in total. The summed E-state index contributed by atoms with van der Waals surface area (Å²) in [6.07, 6.45) is 5.19. The Morgan fingerprint density at radius 1 is 1.38 bits per heavy atom. The summed E-state index contributed by atoms with van der Waals surface area (Å²) in [5.74, 6) is 1.19. The molecule has 1 fully saturated rings. The van der Waals surface area contributed by atoms with Crippen LogP contribution in [0.2, 0.25) is 0 Å². The lowest BCUT2D eigenvalue weighted by Gasteiger charge is -2.30. The van der Waals surface area contributed by atoms with E-state index in [0.29, 0.717) is 24.8 Å². The molecule has 7 nitrogen and oxygen atoms in total. The van der Waals surface area contributed by atoms with E-state index in [1.165, 1.54) is 0 Å². The number of thiophene rings is 1. The second-order valence-corrected chi connectivity index (χ2v) is 7.24. The van der Waals surface area contributed by atoms with Crippen LogP contribution in [-0.4, -0.2) is 39.0 Å². The molecule has 1 amide bonds. The summed E-state index contributed by atoms with van der Waals surface area (Å²) in [5.41, 5.74) is 0.729. The van der Waals surface area contributed by atoms with Gasteiger partial charge in [0.15, 0.2) is 0 Å². The van der Waals surface area contributed by atoms with Crippen LogP contribution in [0.15, 0.2) is 46.6 Å². The first-order valence-electron chi connectivity index (χ1n) is 8.57. The summed E-state index contributed by atoms with van der Waals surface area (Å²) in [4.78, 5) is 24.2. The van der Waals surface area contributed by atoms with E-state index >= 15 is 0 Å². The van der Waals surface area contributed by atoms with Crippen LogP contribution in [0.1, 0.15) is 18.7 Å². The number of anilines is 1. The van der Waals surface area contributed by atoms with Gasteiger partial charge in [-0.15, -0.1) is 11.3 Å². The Balaban J connectivity index is 1.35. The van der Waals surface area contributed by atoms with Gasteiger partial charge in [0, 0.05) is 12.7 Å². The van der Waals surface area contributed by atoms with Crippen molar-refractivity contribution in [2.24, 2.45) is 5.92 Å². The molecule has 1 aliphatic rings. The van der Waals surface area contributed by atoms with Gasteiger partial charge in [-0.2, -0.15) is 4.98 Å². The van der Waals surface area contributed by atoms with Crippen LogP contribution < -0.4 is 5.32 Å². The van der Waals surface area contributed by atoms with Crippen LogP contribution in [0.3, 0.4) is 0 Å². The lowest BCUT2D eigenvalue weighted by Crippen LogP contribution is -2.40. The third-order valence-corrected chi connectivity index (χ3v) is 5.24. The summed E-state index contributed by atoms with van der Waals surface area (Å²) < 4.78 is 5.38. The van der Waals surface area contributed by atoms with Gasteiger partial charge in [-0.1, -0.05) is 11.2 Å². The Hall–Kier alpha value is -2.58. The number of nitrogens with zero attached hydrogens (tertiary/aromatic N) is 4. The molecule has 1 atom stereocenters. The molecule has 0 bridgehead atoms. The second-order valence-electron chi connectivity index (χ2n) is 6.29. The van der Waals surface area contributed by atoms with E-state index < -0.39 is 0 Å². The molecular weight excluding hydrogens is 350 g/mol. The molecule has 4 heterocycles. The van der Waals surface area contributed by atoms with E-state index in [9.17, 15) is 4.79 Å². The average molecular weight is 369 g/mol. The maximum absolute atomic E-state index is 12.5. The summed E-state index contributed by atoms with van der Waals surface area (Å²) >= 11 is 1.58. The third kappa shape index (κ3) is 3.97. The lowest BCUT2D eigenvalue weighted by atomic mass is 9.97. The quantitative estimate of drug-likeness (QED) is 0.744. The Morgan fingerprint density at radius 3 is 3.15 bits per heavy atom. The van der Waals surface area contributed by atoms with Gasteiger partial charge in [0.25, 0.3) is 0 Å². The topological polar surface area (TPSA) is 84.2 Å². The lowest BCUT2D eigenvalue weighted by molar-refractivity contribution is -0.121. The SMILES string of the molecule is O=C(Nc1cccnc1)C1CCCN(Cc2nc(-c3cccs3)no2)C1. The molecule has 8 heteroatoms. The Bertz CT molecular complexity index is 850. The van der Waals surface area contributed by atoms with E-state index in [2.05, 4.69) is 25.3 Å². The van der Waals surface area contributed by atoms with Gasteiger partial charge >= 0.3 is 0 Å². The number of hydrogen-bond donors (Lipinski definition) is 1. The first-order valence-corrected chi connectivity index (χ1v) is 9.45. The fourth-order valence-corrected chi connectivity index (χ4v) is 3.76. The maximum Gasteiger partial charge on any atom is 0.241 e. The molecule has 0 aromatic carbocycles. The summed E-state index contributed by atoms with van der Waals surface area (Å²) in [7, 11) is 0. The van der Waals surface area contributed by atoms with Crippen molar-refractivity contribution in [2.75, 3.05) is 18.4 Å². The van der Waals surface area contributed by atoms with Crippen molar-refractivity contribution in [1.82, 2.24) is 20.0 Å². The first-order chi connectivity index (χ1) is 12.8. The maximum atomic E-state index is 12.5. The van der Waals surface area contributed by atoms with Crippen molar-refractivity contribution in [3.05, 3.63) is 47.9 Å². The zero-order chi connectivity index (χ0) is 17.8. The number of hydrogen-bond acceptors (Lipinski definition) is 7. The molecule has 134 valence electrons. The number of pyridine rings is 1. The Labute approximate surface area is 155 Å². The fourth-order valence-electron chi connectivity index (χ4n) is 3.11. The minimum Gasteiger partial charge on any atom is -0.338 e. The highest BCUT2D eigenvalue weighted by molar-refractivity contribution is 7.13. The molecule has 3 aromatic heterocycles. The van der Waals surface area contributed by atoms with E-state index in [1.54, 1.807) is 23.7 Å². The van der Waals surface area contributed by atoms with E-state index in [0.717, 1.165) is 30.0 Å². The molecule has 0 spiro atoms.